The maximum absolute atomic E-state index is 11.4. The first-order chi connectivity index (χ1) is 9.08. The van der Waals surface area contributed by atoms with Crippen molar-refractivity contribution in [1.29, 1.82) is 0 Å². The summed E-state index contributed by atoms with van der Waals surface area (Å²) in [5.74, 6) is -1.50. The van der Waals surface area contributed by atoms with E-state index in [1.54, 1.807) is 30.4 Å². The molecule has 1 rings (SSSR count). The number of carbonyl (C=O) groups excluding carboxylic acids is 2. The molecule has 0 radical (unpaired) electrons. The summed E-state index contributed by atoms with van der Waals surface area (Å²) in [5.41, 5.74) is 0.668. The SMILES string of the molecule is COC(=O)C(=C/C=C\c1cccc(Cl)c1)C(=O)OC. The van der Waals surface area contributed by atoms with E-state index in [-0.39, 0.29) is 5.57 Å². The second kappa shape index (κ2) is 7.38. The second-order valence-electron chi connectivity index (χ2n) is 3.48. The number of hydrogen-bond acceptors (Lipinski definition) is 4. The first-order valence-electron chi connectivity index (χ1n) is 5.39. The van der Waals surface area contributed by atoms with Crippen LogP contribution in [-0.2, 0) is 19.1 Å². The lowest BCUT2D eigenvalue weighted by molar-refractivity contribution is -0.144. The van der Waals surface area contributed by atoms with Crippen molar-refractivity contribution in [3.63, 3.8) is 0 Å². The molecule has 0 aliphatic heterocycles. The van der Waals surface area contributed by atoms with Gasteiger partial charge in [-0.2, -0.15) is 0 Å². The highest BCUT2D eigenvalue weighted by Gasteiger charge is 2.18. The average molecular weight is 281 g/mol. The fourth-order valence-corrected chi connectivity index (χ4v) is 1.50. The number of halogens is 1. The highest BCUT2D eigenvalue weighted by atomic mass is 35.5. The molecule has 19 heavy (non-hydrogen) atoms. The number of benzene rings is 1. The third kappa shape index (κ3) is 4.60. The summed E-state index contributed by atoms with van der Waals surface area (Å²) < 4.78 is 8.99. The topological polar surface area (TPSA) is 52.6 Å². The number of rotatable bonds is 4. The molecule has 5 heteroatoms. The number of hydrogen-bond donors (Lipinski definition) is 0. The van der Waals surface area contributed by atoms with Gasteiger partial charge in [0.1, 0.15) is 5.57 Å². The smallest absolute Gasteiger partial charge is 0.345 e. The van der Waals surface area contributed by atoms with Crippen molar-refractivity contribution in [2.75, 3.05) is 14.2 Å². The molecule has 0 unspecified atom stereocenters. The van der Waals surface area contributed by atoms with E-state index >= 15 is 0 Å². The molecule has 0 aliphatic carbocycles. The van der Waals surface area contributed by atoms with Crippen LogP contribution in [0.4, 0.5) is 0 Å². The molecule has 0 heterocycles. The van der Waals surface area contributed by atoms with Crippen LogP contribution in [0.1, 0.15) is 5.56 Å². The number of methoxy groups -OCH3 is 2. The molecule has 0 N–H and O–H groups in total. The quantitative estimate of drug-likeness (QED) is 0.280. The fraction of sp³-hybridized carbons (Fsp3) is 0.143. The van der Waals surface area contributed by atoms with E-state index in [0.717, 1.165) is 5.56 Å². The zero-order chi connectivity index (χ0) is 14.3. The normalized spacial score (nSPS) is 10.1. The summed E-state index contributed by atoms with van der Waals surface area (Å²) in [6.07, 6.45) is 4.59. The van der Waals surface area contributed by atoms with Gasteiger partial charge in [-0.15, -0.1) is 0 Å². The number of carbonyl (C=O) groups is 2. The third-order valence-electron chi connectivity index (χ3n) is 2.21. The summed E-state index contributed by atoms with van der Waals surface area (Å²) in [4.78, 5) is 22.7. The zero-order valence-corrected chi connectivity index (χ0v) is 11.3. The lowest BCUT2D eigenvalue weighted by Crippen LogP contribution is -2.15. The van der Waals surface area contributed by atoms with Gasteiger partial charge in [-0.05, 0) is 23.8 Å². The Bertz CT molecular complexity index is 514. The van der Waals surface area contributed by atoms with Crippen molar-refractivity contribution in [1.82, 2.24) is 0 Å². The van der Waals surface area contributed by atoms with E-state index in [0.29, 0.717) is 5.02 Å². The van der Waals surface area contributed by atoms with Gasteiger partial charge in [-0.3, -0.25) is 0 Å². The zero-order valence-electron chi connectivity index (χ0n) is 10.6. The Balaban J connectivity index is 2.92. The van der Waals surface area contributed by atoms with Crippen LogP contribution < -0.4 is 0 Å². The van der Waals surface area contributed by atoms with Gasteiger partial charge >= 0.3 is 11.9 Å². The predicted molar refractivity (Wildman–Crippen MR) is 72.6 cm³/mol. The summed E-state index contributed by atoms with van der Waals surface area (Å²) in [6, 6.07) is 7.14. The average Bonchev–Trinajstić information content (AvgIpc) is 2.42. The van der Waals surface area contributed by atoms with Gasteiger partial charge in [0, 0.05) is 5.02 Å². The molecule has 100 valence electrons. The van der Waals surface area contributed by atoms with Gasteiger partial charge < -0.3 is 9.47 Å². The molecule has 0 fully saturated rings. The number of allylic oxidation sites excluding steroid dienone is 2. The Morgan fingerprint density at radius 2 is 1.79 bits per heavy atom. The molecule has 1 aromatic carbocycles. The Kier molecular flexibility index (Phi) is 5.82. The van der Waals surface area contributed by atoms with Crippen LogP contribution >= 0.6 is 11.6 Å². The second-order valence-corrected chi connectivity index (χ2v) is 3.91. The minimum Gasteiger partial charge on any atom is -0.465 e. The first kappa shape index (κ1) is 15.0. The van der Waals surface area contributed by atoms with E-state index < -0.39 is 11.9 Å². The van der Waals surface area contributed by atoms with Crippen LogP contribution in [0.2, 0.25) is 5.02 Å². The van der Waals surface area contributed by atoms with Crippen LogP contribution in [0.3, 0.4) is 0 Å². The largest absolute Gasteiger partial charge is 0.465 e. The van der Waals surface area contributed by atoms with E-state index in [9.17, 15) is 9.59 Å². The van der Waals surface area contributed by atoms with E-state index in [2.05, 4.69) is 9.47 Å². The molecule has 0 saturated heterocycles. The minimum atomic E-state index is -0.748. The molecule has 0 atom stereocenters. The highest BCUT2D eigenvalue weighted by molar-refractivity contribution is 6.30. The van der Waals surface area contributed by atoms with Gasteiger partial charge in [0.15, 0.2) is 0 Å². The maximum Gasteiger partial charge on any atom is 0.345 e. The molecule has 1 aromatic rings. The van der Waals surface area contributed by atoms with Gasteiger partial charge in [0.05, 0.1) is 14.2 Å². The van der Waals surface area contributed by atoms with Gasteiger partial charge in [0.25, 0.3) is 0 Å². The summed E-state index contributed by atoms with van der Waals surface area (Å²) >= 11 is 5.83. The van der Waals surface area contributed by atoms with Gasteiger partial charge in [-0.25, -0.2) is 9.59 Å². The van der Waals surface area contributed by atoms with Crippen molar-refractivity contribution < 1.29 is 19.1 Å². The Labute approximate surface area is 116 Å². The monoisotopic (exact) mass is 280 g/mol. The van der Waals surface area contributed by atoms with E-state index in [1.165, 1.54) is 20.3 Å². The molecule has 0 spiro atoms. The van der Waals surface area contributed by atoms with E-state index in [4.69, 9.17) is 11.6 Å². The Morgan fingerprint density at radius 3 is 2.32 bits per heavy atom. The van der Waals surface area contributed by atoms with Crippen LogP contribution in [0.25, 0.3) is 6.08 Å². The molecule has 0 amide bonds. The summed E-state index contributed by atoms with van der Waals surface area (Å²) in [6.45, 7) is 0. The van der Waals surface area contributed by atoms with Crippen molar-refractivity contribution in [2.24, 2.45) is 0 Å². The predicted octanol–water partition coefficient (Wildman–Crippen LogP) is 2.63. The minimum absolute atomic E-state index is 0.178. The van der Waals surface area contributed by atoms with Crippen LogP contribution in [-0.4, -0.2) is 26.2 Å². The first-order valence-corrected chi connectivity index (χ1v) is 5.77. The molecule has 0 aromatic heterocycles. The number of esters is 2. The highest BCUT2D eigenvalue weighted by Crippen LogP contribution is 2.12. The van der Waals surface area contributed by atoms with Crippen LogP contribution in [0.15, 0.2) is 42.0 Å². The molecular formula is C14H13ClO4. The van der Waals surface area contributed by atoms with Crippen molar-refractivity contribution in [3.05, 3.63) is 52.6 Å². The molecule has 0 bridgehead atoms. The van der Waals surface area contributed by atoms with Crippen LogP contribution in [0.5, 0.6) is 0 Å². The number of ether oxygens (including phenoxy) is 2. The standard InChI is InChI=1S/C14H13ClO4/c1-18-13(16)12(14(17)19-2)8-4-6-10-5-3-7-11(15)9-10/h3-9H,1-2H3/b6-4-. The van der Waals surface area contributed by atoms with Crippen molar-refractivity contribution in [3.8, 4) is 0 Å². The van der Waals surface area contributed by atoms with Crippen molar-refractivity contribution in [2.45, 2.75) is 0 Å². The third-order valence-corrected chi connectivity index (χ3v) is 2.45. The fourth-order valence-electron chi connectivity index (χ4n) is 1.31. The Morgan fingerprint density at radius 1 is 1.16 bits per heavy atom. The molecular weight excluding hydrogens is 268 g/mol. The van der Waals surface area contributed by atoms with Crippen molar-refractivity contribution >= 4 is 29.6 Å². The Hall–Kier alpha value is -2.07. The molecule has 4 nitrogen and oxygen atoms in total. The summed E-state index contributed by atoms with van der Waals surface area (Å²) in [5, 5.41) is 0.604. The summed E-state index contributed by atoms with van der Waals surface area (Å²) in [7, 11) is 2.39. The van der Waals surface area contributed by atoms with Gasteiger partial charge in [-0.1, -0.05) is 35.9 Å². The lowest BCUT2D eigenvalue weighted by atomic mass is 10.2. The maximum atomic E-state index is 11.4. The van der Waals surface area contributed by atoms with Gasteiger partial charge in [0.2, 0.25) is 0 Å². The van der Waals surface area contributed by atoms with E-state index in [1.807, 2.05) is 6.07 Å². The lowest BCUT2D eigenvalue weighted by Gasteiger charge is -2.01. The van der Waals surface area contributed by atoms with Crippen LogP contribution in [0, 0.1) is 0 Å². The molecule has 0 aliphatic rings. The molecule has 0 saturated carbocycles.